The molecular weight excluding hydrogens is 252 g/mol. The predicted octanol–water partition coefficient (Wildman–Crippen LogP) is 2.61. The lowest BCUT2D eigenvalue weighted by atomic mass is 10.2. The van der Waals surface area contributed by atoms with Crippen molar-refractivity contribution in [1.29, 1.82) is 0 Å². The highest BCUT2D eigenvalue weighted by Crippen LogP contribution is 2.23. The van der Waals surface area contributed by atoms with Gasteiger partial charge in [0.15, 0.2) is 5.82 Å². The van der Waals surface area contributed by atoms with Gasteiger partial charge in [-0.1, -0.05) is 0 Å². The molecule has 1 aromatic carbocycles. The van der Waals surface area contributed by atoms with Crippen LogP contribution in [0.15, 0.2) is 36.8 Å². The van der Waals surface area contributed by atoms with Crippen molar-refractivity contribution in [3.8, 4) is 5.75 Å². The van der Waals surface area contributed by atoms with Gasteiger partial charge in [-0.15, -0.1) is 10.2 Å². The third-order valence-corrected chi connectivity index (χ3v) is 3.23. The summed E-state index contributed by atoms with van der Waals surface area (Å²) in [6, 6.07) is 8.26. The highest BCUT2D eigenvalue weighted by atomic mass is 16.5. The van der Waals surface area contributed by atoms with Gasteiger partial charge < -0.3 is 13.9 Å². The first-order valence-corrected chi connectivity index (χ1v) is 6.72. The first kappa shape index (κ1) is 12.7. The maximum absolute atomic E-state index is 5.72. The molecule has 0 spiro atoms. The number of ether oxygens (including phenoxy) is 1. The summed E-state index contributed by atoms with van der Waals surface area (Å²) < 4.78 is 9.82. The molecule has 0 amide bonds. The zero-order valence-corrected chi connectivity index (χ0v) is 11.9. The van der Waals surface area contributed by atoms with Gasteiger partial charge in [-0.2, -0.15) is 0 Å². The van der Waals surface area contributed by atoms with Crippen LogP contribution >= 0.6 is 0 Å². The standard InChI is InChI=1S/C15H18N4O/c1-11(2)20-13-4-5-14-12(8-13)6-7-19(14)9-15-17-16-10-18(15)3/h4-8,10-11H,9H2,1-3H3. The van der Waals surface area contributed by atoms with E-state index in [1.165, 1.54) is 10.9 Å². The van der Waals surface area contributed by atoms with Crippen molar-refractivity contribution in [3.63, 3.8) is 0 Å². The number of aromatic nitrogens is 4. The van der Waals surface area contributed by atoms with E-state index in [1.807, 2.05) is 31.5 Å². The average molecular weight is 270 g/mol. The fourth-order valence-corrected chi connectivity index (χ4v) is 2.26. The summed E-state index contributed by atoms with van der Waals surface area (Å²) in [5.41, 5.74) is 1.17. The smallest absolute Gasteiger partial charge is 0.152 e. The Morgan fingerprint density at radius 3 is 2.80 bits per heavy atom. The van der Waals surface area contributed by atoms with E-state index in [4.69, 9.17) is 4.74 Å². The molecule has 0 saturated carbocycles. The van der Waals surface area contributed by atoms with E-state index in [9.17, 15) is 0 Å². The monoisotopic (exact) mass is 270 g/mol. The second-order valence-corrected chi connectivity index (χ2v) is 5.19. The molecular formula is C15H18N4O. The Morgan fingerprint density at radius 2 is 2.10 bits per heavy atom. The molecule has 104 valence electrons. The second kappa shape index (κ2) is 5.00. The number of hydrogen-bond acceptors (Lipinski definition) is 3. The summed E-state index contributed by atoms with van der Waals surface area (Å²) in [7, 11) is 1.95. The van der Waals surface area contributed by atoms with E-state index in [1.54, 1.807) is 6.33 Å². The molecule has 0 atom stereocenters. The number of rotatable bonds is 4. The molecule has 0 bridgehead atoms. The molecule has 0 N–H and O–H groups in total. The van der Waals surface area contributed by atoms with Crippen molar-refractivity contribution >= 4 is 10.9 Å². The molecule has 2 aromatic heterocycles. The fraction of sp³-hybridized carbons (Fsp3) is 0.333. The van der Waals surface area contributed by atoms with Crippen LogP contribution in [-0.4, -0.2) is 25.4 Å². The van der Waals surface area contributed by atoms with Gasteiger partial charge in [-0.25, -0.2) is 0 Å². The molecule has 0 radical (unpaired) electrons. The molecule has 0 saturated heterocycles. The number of nitrogens with zero attached hydrogens (tertiary/aromatic N) is 4. The first-order chi connectivity index (χ1) is 9.63. The average Bonchev–Trinajstić information content (AvgIpc) is 2.97. The highest BCUT2D eigenvalue weighted by Gasteiger charge is 2.07. The largest absolute Gasteiger partial charge is 0.491 e. The van der Waals surface area contributed by atoms with Gasteiger partial charge in [0.2, 0.25) is 0 Å². The van der Waals surface area contributed by atoms with Crippen LogP contribution in [0.1, 0.15) is 19.7 Å². The summed E-state index contributed by atoms with van der Waals surface area (Å²) in [5.74, 6) is 1.84. The zero-order chi connectivity index (χ0) is 14.1. The summed E-state index contributed by atoms with van der Waals surface area (Å²) in [4.78, 5) is 0. The minimum Gasteiger partial charge on any atom is -0.491 e. The summed E-state index contributed by atoms with van der Waals surface area (Å²) in [6.07, 6.45) is 3.97. The van der Waals surface area contributed by atoms with Crippen molar-refractivity contribution in [2.45, 2.75) is 26.5 Å². The van der Waals surface area contributed by atoms with Crippen LogP contribution < -0.4 is 4.74 Å². The van der Waals surface area contributed by atoms with Crippen LogP contribution in [-0.2, 0) is 13.6 Å². The maximum Gasteiger partial charge on any atom is 0.152 e. The van der Waals surface area contributed by atoms with Gasteiger partial charge in [0.1, 0.15) is 12.1 Å². The van der Waals surface area contributed by atoms with E-state index in [2.05, 4.69) is 39.2 Å². The van der Waals surface area contributed by atoms with Crippen molar-refractivity contribution in [3.05, 3.63) is 42.6 Å². The van der Waals surface area contributed by atoms with E-state index < -0.39 is 0 Å². The molecule has 0 aliphatic rings. The Hall–Kier alpha value is -2.30. The third-order valence-electron chi connectivity index (χ3n) is 3.23. The lowest BCUT2D eigenvalue weighted by molar-refractivity contribution is 0.243. The summed E-state index contributed by atoms with van der Waals surface area (Å²) in [5, 5.41) is 9.20. The van der Waals surface area contributed by atoms with Crippen LogP contribution in [0.3, 0.4) is 0 Å². The van der Waals surface area contributed by atoms with Gasteiger partial charge in [0.25, 0.3) is 0 Å². The maximum atomic E-state index is 5.72. The molecule has 5 heteroatoms. The zero-order valence-electron chi connectivity index (χ0n) is 11.9. The fourth-order valence-electron chi connectivity index (χ4n) is 2.26. The summed E-state index contributed by atoms with van der Waals surface area (Å²) in [6.45, 7) is 4.78. The molecule has 2 heterocycles. The topological polar surface area (TPSA) is 44.9 Å². The summed E-state index contributed by atoms with van der Waals surface area (Å²) >= 11 is 0. The molecule has 0 aliphatic heterocycles. The van der Waals surface area contributed by atoms with Crippen molar-refractivity contribution in [2.24, 2.45) is 7.05 Å². The number of fused-ring (bicyclic) bond motifs is 1. The van der Waals surface area contributed by atoms with E-state index in [0.717, 1.165) is 11.6 Å². The van der Waals surface area contributed by atoms with Crippen LogP contribution in [0.5, 0.6) is 5.75 Å². The Labute approximate surface area is 117 Å². The van der Waals surface area contributed by atoms with E-state index >= 15 is 0 Å². The van der Waals surface area contributed by atoms with Gasteiger partial charge in [0.05, 0.1) is 12.6 Å². The van der Waals surface area contributed by atoms with Crippen molar-refractivity contribution < 1.29 is 4.74 Å². The Kier molecular flexibility index (Phi) is 3.18. The molecule has 20 heavy (non-hydrogen) atoms. The molecule has 0 fully saturated rings. The number of aryl methyl sites for hydroxylation is 1. The molecule has 0 aliphatic carbocycles. The first-order valence-electron chi connectivity index (χ1n) is 6.72. The van der Waals surface area contributed by atoms with E-state index in [0.29, 0.717) is 6.54 Å². The predicted molar refractivity (Wildman–Crippen MR) is 77.8 cm³/mol. The van der Waals surface area contributed by atoms with Gasteiger partial charge >= 0.3 is 0 Å². The lowest BCUT2D eigenvalue weighted by Crippen LogP contribution is -2.06. The highest BCUT2D eigenvalue weighted by molar-refractivity contribution is 5.81. The van der Waals surface area contributed by atoms with Crippen LogP contribution in [0.4, 0.5) is 0 Å². The third kappa shape index (κ3) is 2.39. The van der Waals surface area contributed by atoms with Crippen LogP contribution in [0, 0.1) is 0 Å². The van der Waals surface area contributed by atoms with Crippen LogP contribution in [0.2, 0.25) is 0 Å². The SMILES string of the molecule is CC(C)Oc1ccc2c(ccn2Cc2nncn2C)c1. The molecule has 3 aromatic rings. The molecule has 0 unspecified atom stereocenters. The Bertz CT molecular complexity index is 726. The quantitative estimate of drug-likeness (QED) is 0.732. The van der Waals surface area contributed by atoms with Gasteiger partial charge in [-0.3, -0.25) is 0 Å². The van der Waals surface area contributed by atoms with Crippen LogP contribution in [0.25, 0.3) is 10.9 Å². The molecule has 3 rings (SSSR count). The second-order valence-electron chi connectivity index (χ2n) is 5.19. The number of benzene rings is 1. The van der Waals surface area contributed by atoms with E-state index in [-0.39, 0.29) is 6.10 Å². The van der Waals surface area contributed by atoms with Gasteiger partial charge in [-0.05, 0) is 38.1 Å². The minimum absolute atomic E-state index is 0.188. The van der Waals surface area contributed by atoms with Crippen molar-refractivity contribution in [2.75, 3.05) is 0 Å². The molecule has 5 nitrogen and oxygen atoms in total. The Balaban J connectivity index is 1.92. The van der Waals surface area contributed by atoms with Crippen molar-refractivity contribution in [1.82, 2.24) is 19.3 Å². The number of hydrogen-bond donors (Lipinski definition) is 0. The van der Waals surface area contributed by atoms with Gasteiger partial charge in [0, 0.05) is 24.1 Å². The normalized spacial score (nSPS) is 11.4. The lowest BCUT2D eigenvalue weighted by Gasteiger charge is -2.10. The minimum atomic E-state index is 0.188. The Morgan fingerprint density at radius 1 is 1.25 bits per heavy atom.